The summed E-state index contributed by atoms with van der Waals surface area (Å²) < 4.78 is 11.1. The molecular weight excluding hydrogens is 250 g/mol. The van der Waals surface area contributed by atoms with Gasteiger partial charge in [0.2, 0.25) is 0 Å². The molecule has 0 bridgehead atoms. The van der Waals surface area contributed by atoms with Crippen LogP contribution in [0.4, 0.5) is 5.69 Å². The quantitative estimate of drug-likeness (QED) is 0.796. The Morgan fingerprint density at radius 2 is 1.95 bits per heavy atom. The number of hydrogen-bond acceptors (Lipinski definition) is 3. The Morgan fingerprint density at radius 1 is 1.15 bits per heavy atom. The molecule has 1 heterocycles. The highest BCUT2D eigenvalue weighted by atomic mass is 16.5. The molecule has 0 atom stereocenters. The van der Waals surface area contributed by atoms with Crippen molar-refractivity contribution >= 4 is 5.69 Å². The smallest absolute Gasteiger partial charge is 0.161 e. The Bertz CT molecular complexity index is 628. The molecule has 3 heteroatoms. The minimum Gasteiger partial charge on any atom is -0.481 e. The van der Waals surface area contributed by atoms with E-state index in [0.29, 0.717) is 13.3 Å². The summed E-state index contributed by atoms with van der Waals surface area (Å²) >= 11 is 0. The van der Waals surface area contributed by atoms with Crippen LogP contribution >= 0.6 is 0 Å². The van der Waals surface area contributed by atoms with Crippen molar-refractivity contribution in [2.24, 2.45) is 0 Å². The maximum absolute atomic E-state index is 5.75. The molecule has 2 aromatic rings. The summed E-state index contributed by atoms with van der Waals surface area (Å²) in [6.45, 7) is 1.70. The summed E-state index contributed by atoms with van der Waals surface area (Å²) in [5.41, 5.74) is 2.30. The van der Waals surface area contributed by atoms with Crippen LogP contribution in [0.1, 0.15) is 5.56 Å². The Kier molecular flexibility index (Phi) is 3.47. The van der Waals surface area contributed by atoms with E-state index in [1.165, 1.54) is 5.56 Å². The zero-order chi connectivity index (χ0) is 13.8. The van der Waals surface area contributed by atoms with Crippen molar-refractivity contribution in [2.45, 2.75) is 6.54 Å². The van der Waals surface area contributed by atoms with Gasteiger partial charge in [-0.1, -0.05) is 24.1 Å². The fraction of sp³-hybridized carbons (Fsp3) is 0.176. The lowest BCUT2D eigenvalue weighted by Gasteiger charge is -2.30. The van der Waals surface area contributed by atoms with Gasteiger partial charge in [0, 0.05) is 17.8 Å². The minimum atomic E-state index is 0.291. The summed E-state index contributed by atoms with van der Waals surface area (Å²) in [5, 5.41) is 0. The van der Waals surface area contributed by atoms with Crippen molar-refractivity contribution in [1.29, 1.82) is 0 Å². The number of benzene rings is 2. The van der Waals surface area contributed by atoms with Crippen molar-refractivity contribution in [1.82, 2.24) is 0 Å². The second-order valence-corrected chi connectivity index (χ2v) is 4.57. The molecule has 0 aliphatic carbocycles. The van der Waals surface area contributed by atoms with E-state index < -0.39 is 0 Å². The molecule has 0 fully saturated rings. The monoisotopic (exact) mass is 265 g/mol. The molecule has 0 unspecified atom stereocenters. The molecule has 0 saturated heterocycles. The normalized spacial score (nSPS) is 13.1. The fourth-order valence-corrected chi connectivity index (χ4v) is 2.22. The zero-order valence-electron chi connectivity index (χ0n) is 11.1. The topological polar surface area (TPSA) is 21.7 Å². The number of rotatable bonds is 3. The van der Waals surface area contributed by atoms with Gasteiger partial charge in [0.1, 0.15) is 18.1 Å². The SMILES string of the molecule is C#CCOc1ccc(N2COc3ccccc3C2)cc1. The number of fused-ring (bicyclic) bond motifs is 1. The molecule has 0 saturated carbocycles. The minimum absolute atomic E-state index is 0.291. The lowest BCUT2D eigenvalue weighted by atomic mass is 10.1. The van der Waals surface area contributed by atoms with Crippen molar-refractivity contribution in [3.63, 3.8) is 0 Å². The summed E-state index contributed by atoms with van der Waals surface area (Å²) in [4.78, 5) is 2.17. The van der Waals surface area contributed by atoms with E-state index in [0.717, 1.165) is 23.7 Å². The van der Waals surface area contributed by atoms with Gasteiger partial charge in [0.25, 0.3) is 0 Å². The fourth-order valence-electron chi connectivity index (χ4n) is 2.22. The molecule has 100 valence electrons. The van der Waals surface area contributed by atoms with Gasteiger partial charge in [-0.15, -0.1) is 6.42 Å². The Balaban J connectivity index is 1.73. The van der Waals surface area contributed by atoms with Crippen LogP contribution in [0.15, 0.2) is 48.5 Å². The number of ether oxygens (including phenoxy) is 2. The molecule has 2 aromatic carbocycles. The lowest BCUT2D eigenvalue weighted by Crippen LogP contribution is -2.31. The van der Waals surface area contributed by atoms with Crippen LogP contribution in [-0.4, -0.2) is 13.3 Å². The van der Waals surface area contributed by atoms with E-state index >= 15 is 0 Å². The van der Waals surface area contributed by atoms with E-state index in [-0.39, 0.29) is 0 Å². The van der Waals surface area contributed by atoms with Gasteiger partial charge in [0.05, 0.1) is 0 Å². The molecule has 1 aliphatic rings. The predicted octanol–water partition coefficient (Wildman–Crippen LogP) is 3.06. The number of hydrogen-bond donors (Lipinski definition) is 0. The molecule has 0 aromatic heterocycles. The largest absolute Gasteiger partial charge is 0.481 e. The third kappa shape index (κ3) is 2.55. The van der Waals surface area contributed by atoms with Crippen LogP contribution in [0.25, 0.3) is 0 Å². The number of para-hydroxylation sites is 1. The van der Waals surface area contributed by atoms with Crippen LogP contribution in [0.3, 0.4) is 0 Å². The first kappa shape index (κ1) is 12.4. The molecule has 3 nitrogen and oxygen atoms in total. The summed E-state index contributed by atoms with van der Waals surface area (Å²) in [6, 6.07) is 16.0. The first-order valence-electron chi connectivity index (χ1n) is 6.49. The number of nitrogens with zero attached hydrogens (tertiary/aromatic N) is 1. The van der Waals surface area contributed by atoms with Gasteiger partial charge in [-0.3, -0.25) is 0 Å². The van der Waals surface area contributed by atoms with Crippen molar-refractivity contribution in [3.05, 3.63) is 54.1 Å². The first-order valence-corrected chi connectivity index (χ1v) is 6.49. The second kappa shape index (κ2) is 5.58. The van der Waals surface area contributed by atoms with Gasteiger partial charge in [-0.25, -0.2) is 0 Å². The lowest BCUT2D eigenvalue weighted by molar-refractivity contribution is 0.289. The van der Waals surface area contributed by atoms with Gasteiger partial charge >= 0.3 is 0 Å². The van der Waals surface area contributed by atoms with E-state index in [1.807, 2.05) is 42.5 Å². The van der Waals surface area contributed by atoms with Gasteiger partial charge in [-0.05, 0) is 30.3 Å². The van der Waals surface area contributed by atoms with Gasteiger partial charge in [0.15, 0.2) is 6.73 Å². The zero-order valence-corrected chi connectivity index (χ0v) is 11.1. The summed E-state index contributed by atoms with van der Waals surface area (Å²) in [7, 11) is 0. The maximum Gasteiger partial charge on any atom is 0.161 e. The third-order valence-corrected chi connectivity index (χ3v) is 3.23. The second-order valence-electron chi connectivity index (χ2n) is 4.57. The molecular formula is C17H15NO2. The average molecular weight is 265 g/mol. The van der Waals surface area contributed by atoms with Crippen LogP contribution in [0.5, 0.6) is 11.5 Å². The van der Waals surface area contributed by atoms with E-state index in [1.54, 1.807) is 0 Å². The highest BCUT2D eigenvalue weighted by molar-refractivity contribution is 5.51. The predicted molar refractivity (Wildman–Crippen MR) is 78.9 cm³/mol. The molecule has 0 spiro atoms. The summed E-state index contributed by atoms with van der Waals surface area (Å²) in [5.74, 6) is 4.21. The Hall–Kier alpha value is -2.60. The van der Waals surface area contributed by atoms with Crippen LogP contribution in [0, 0.1) is 12.3 Å². The van der Waals surface area contributed by atoms with Crippen molar-refractivity contribution in [2.75, 3.05) is 18.2 Å². The Morgan fingerprint density at radius 3 is 2.75 bits per heavy atom. The molecule has 0 radical (unpaired) electrons. The van der Waals surface area contributed by atoms with E-state index in [4.69, 9.17) is 15.9 Å². The highest BCUT2D eigenvalue weighted by Crippen LogP contribution is 2.28. The van der Waals surface area contributed by atoms with E-state index in [9.17, 15) is 0 Å². The van der Waals surface area contributed by atoms with Crippen LogP contribution in [-0.2, 0) is 6.54 Å². The van der Waals surface area contributed by atoms with Crippen LogP contribution in [0.2, 0.25) is 0 Å². The average Bonchev–Trinajstić information content (AvgIpc) is 2.53. The summed E-state index contributed by atoms with van der Waals surface area (Å²) in [6.07, 6.45) is 5.17. The molecule has 3 rings (SSSR count). The van der Waals surface area contributed by atoms with Gasteiger partial charge < -0.3 is 14.4 Å². The van der Waals surface area contributed by atoms with Crippen LogP contribution < -0.4 is 14.4 Å². The van der Waals surface area contributed by atoms with Crippen molar-refractivity contribution < 1.29 is 9.47 Å². The Labute approximate surface area is 118 Å². The third-order valence-electron chi connectivity index (χ3n) is 3.23. The standard InChI is InChI=1S/C17H15NO2/c1-2-11-19-16-9-7-15(8-10-16)18-12-14-5-3-4-6-17(14)20-13-18/h1,3-10H,11-13H2. The van der Waals surface area contributed by atoms with Gasteiger partial charge in [-0.2, -0.15) is 0 Å². The molecule has 20 heavy (non-hydrogen) atoms. The molecule has 0 N–H and O–H groups in total. The van der Waals surface area contributed by atoms with E-state index in [2.05, 4.69) is 16.9 Å². The first-order chi connectivity index (χ1) is 9.86. The maximum atomic E-state index is 5.75. The van der Waals surface area contributed by atoms with Crippen molar-refractivity contribution in [3.8, 4) is 23.8 Å². The number of anilines is 1. The molecule has 0 amide bonds. The molecule has 1 aliphatic heterocycles. The number of terminal acetylenes is 1. The highest BCUT2D eigenvalue weighted by Gasteiger charge is 2.16.